The van der Waals surface area contributed by atoms with Crippen LogP contribution in [0.1, 0.15) is 15.9 Å². The van der Waals surface area contributed by atoms with E-state index in [9.17, 15) is 4.79 Å². The minimum absolute atomic E-state index is 0.179. The van der Waals surface area contributed by atoms with Gasteiger partial charge in [-0.25, -0.2) is 14.5 Å². The van der Waals surface area contributed by atoms with Crippen LogP contribution in [0.25, 0.3) is 5.52 Å². The van der Waals surface area contributed by atoms with Gasteiger partial charge in [0.15, 0.2) is 0 Å². The smallest absolute Gasteiger partial charge is 0.252 e. The maximum Gasteiger partial charge on any atom is 0.252 e. The molecule has 3 aromatic heterocycles. The quantitative estimate of drug-likeness (QED) is 0.579. The van der Waals surface area contributed by atoms with Crippen LogP contribution in [0.2, 0.25) is 0 Å². The van der Waals surface area contributed by atoms with Crippen molar-refractivity contribution in [2.45, 2.75) is 12.1 Å². The SMILES string of the molecule is CO[C@H]1CNC[C@H]1N(c1ncc(C#N)cn1)c1c(C(N)=O)cnn2cc(Br)cc12. The van der Waals surface area contributed by atoms with Crippen molar-refractivity contribution in [2.75, 3.05) is 25.1 Å². The first-order valence-corrected chi connectivity index (χ1v) is 9.54. The van der Waals surface area contributed by atoms with Gasteiger partial charge in [-0.1, -0.05) is 0 Å². The zero-order valence-corrected chi connectivity index (χ0v) is 17.0. The lowest BCUT2D eigenvalue weighted by Gasteiger charge is -2.33. The van der Waals surface area contributed by atoms with Crippen molar-refractivity contribution in [1.82, 2.24) is 24.9 Å². The number of carbonyl (C=O) groups is 1. The maximum atomic E-state index is 12.3. The fourth-order valence-electron chi connectivity index (χ4n) is 3.50. The number of anilines is 2. The topological polar surface area (TPSA) is 134 Å². The summed E-state index contributed by atoms with van der Waals surface area (Å²) in [5.41, 5.74) is 7.43. The lowest BCUT2D eigenvalue weighted by molar-refractivity contribution is 0.0996. The molecular formula is C18H17BrN8O2. The molecule has 1 aliphatic heterocycles. The van der Waals surface area contributed by atoms with Crippen molar-refractivity contribution in [3.8, 4) is 6.07 Å². The van der Waals surface area contributed by atoms with Gasteiger partial charge in [0, 0.05) is 30.9 Å². The third kappa shape index (κ3) is 3.42. The summed E-state index contributed by atoms with van der Waals surface area (Å²) < 4.78 is 8.09. The molecule has 0 radical (unpaired) electrons. The number of carbonyl (C=O) groups excluding carboxylic acids is 1. The molecule has 4 heterocycles. The van der Waals surface area contributed by atoms with Crippen LogP contribution >= 0.6 is 15.9 Å². The second kappa shape index (κ2) is 7.75. The number of methoxy groups -OCH3 is 1. The third-order valence-corrected chi connectivity index (χ3v) is 5.26. The highest BCUT2D eigenvalue weighted by atomic mass is 79.9. The van der Waals surface area contributed by atoms with Gasteiger partial charge in [0.05, 0.1) is 53.1 Å². The van der Waals surface area contributed by atoms with Gasteiger partial charge in [-0.3, -0.25) is 4.79 Å². The summed E-state index contributed by atoms with van der Waals surface area (Å²) in [6.45, 7) is 1.21. The molecular weight excluding hydrogens is 440 g/mol. The molecule has 148 valence electrons. The molecule has 3 aromatic rings. The third-order valence-electron chi connectivity index (χ3n) is 4.83. The summed E-state index contributed by atoms with van der Waals surface area (Å²) >= 11 is 3.45. The van der Waals surface area contributed by atoms with Crippen LogP contribution in [0.5, 0.6) is 0 Å². The predicted octanol–water partition coefficient (Wildman–Crippen LogP) is 0.982. The number of nitrogens with one attached hydrogen (secondary N) is 1. The van der Waals surface area contributed by atoms with Crippen LogP contribution < -0.4 is 16.0 Å². The number of hydrogen-bond donors (Lipinski definition) is 2. The van der Waals surface area contributed by atoms with Crippen molar-refractivity contribution < 1.29 is 9.53 Å². The number of rotatable bonds is 5. The number of fused-ring (bicyclic) bond motifs is 1. The number of nitriles is 1. The monoisotopic (exact) mass is 456 g/mol. The van der Waals surface area contributed by atoms with Gasteiger partial charge in [0.2, 0.25) is 5.95 Å². The average molecular weight is 457 g/mol. The number of halogens is 1. The molecule has 0 unspecified atom stereocenters. The number of primary amides is 1. The maximum absolute atomic E-state index is 12.3. The van der Waals surface area contributed by atoms with Crippen molar-refractivity contribution in [1.29, 1.82) is 5.26 Å². The van der Waals surface area contributed by atoms with Crippen molar-refractivity contribution in [3.05, 3.63) is 46.5 Å². The molecule has 1 amide bonds. The number of amides is 1. The molecule has 11 heteroatoms. The predicted molar refractivity (Wildman–Crippen MR) is 108 cm³/mol. The highest BCUT2D eigenvalue weighted by Crippen LogP contribution is 2.35. The van der Waals surface area contributed by atoms with Gasteiger partial charge in [-0.15, -0.1) is 0 Å². The van der Waals surface area contributed by atoms with E-state index in [2.05, 4.69) is 36.3 Å². The number of nitrogens with two attached hydrogens (primary N) is 1. The van der Waals surface area contributed by atoms with Crippen LogP contribution in [-0.2, 0) is 4.74 Å². The van der Waals surface area contributed by atoms with E-state index in [0.29, 0.717) is 35.8 Å². The van der Waals surface area contributed by atoms with Crippen LogP contribution in [-0.4, -0.2) is 57.8 Å². The zero-order chi connectivity index (χ0) is 20.5. The van der Waals surface area contributed by atoms with Crippen LogP contribution in [0.3, 0.4) is 0 Å². The summed E-state index contributed by atoms with van der Waals surface area (Å²) in [5.74, 6) is -0.293. The molecule has 0 aromatic carbocycles. The largest absolute Gasteiger partial charge is 0.378 e. The van der Waals surface area contributed by atoms with Gasteiger partial charge < -0.3 is 20.7 Å². The summed E-state index contributed by atoms with van der Waals surface area (Å²) in [6.07, 6.45) is 5.91. The van der Waals surface area contributed by atoms with Gasteiger partial charge in [0.25, 0.3) is 5.91 Å². The Balaban J connectivity index is 1.99. The normalized spacial score (nSPS) is 18.7. The van der Waals surface area contributed by atoms with E-state index >= 15 is 0 Å². The van der Waals surface area contributed by atoms with Crippen molar-refractivity contribution in [2.24, 2.45) is 5.73 Å². The first-order chi connectivity index (χ1) is 14.0. The summed E-state index contributed by atoms with van der Waals surface area (Å²) in [4.78, 5) is 22.8. The summed E-state index contributed by atoms with van der Waals surface area (Å²) in [6, 6.07) is 3.64. The molecule has 3 N–H and O–H groups in total. The molecule has 2 atom stereocenters. The van der Waals surface area contributed by atoms with Crippen LogP contribution in [0, 0.1) is 11.3 Å². The van der Waals surface area contributed by atoms with Gasteiger partial charge in [-0.2, -0.15) is 10.4 Å². The first kappa shape index (κ1) is 19.3. The van der Waals surface area contributed by atoms with Crippen molar-refractivity contribution >= 4 is 39.0 Å². The second-order valence-corrected chi connectivity index (χ2v) is 7.43. The van der Waals surface area contributed by atoms with Gasteiger partial charge in [0.1, 0.15) is 6.07 Å². The Hall–Kier alpha value is -3.07. The summed E-state index contributed by atoms with van der Waals surface area (Å²) in [7, 11) is 1.63. The molecule has 10 nitrogen and oxygen atoms in total. The molecule has 0 spiro atoms. The van der Waals surface area contributed by atoms with E-state index in [1.807, 2.05) is 17.0 Å². The Morgan fingerprint density at radius 2 is 2.17 bits per heavy atom. The molecule has 1 aliphatic rings. The van der Waals surface area contributed by atoms with E-state index in [1.54, 1.807) is 17.8 Å². The number of ether oxygens (including phenoxy) is 1. The highest BCUT2D eigenvalue weighted by Gasteiger charge is 2.37. The molecule has 0 bridgehead atoms. The van der Waals surface area contributed by atoms with Gasteiger partial charge >= 0.3 is 0 Å². The molecule has 29 heavy (non-hydrogen) atoms. The van der Waals surface area contributed by atoms with Crippen LogP contribution in [0.4, 0.5) is 11.6 Å². The number of aromatic nitrogens is 4. The molecule has 0 saturated carbocycles. The Labute approximate surface area is 174 Å². The molecule has 1 saturated heterocycles. The Morgan fingerprint density at radius 1 is 1.41 bits per heavy atom. The second-order valence-electron chi connectivity index (χ2n) is 6.51. The number of nitrogens with zero attached hydrogens (tertiary/aromatic N) is 6. The zero-order valence-electron chi connectivity index (χ0n) is 15.4. The average Bonchev–Trinajstić information content (AvgIpc) is 3.34. The lowest BCUT2D eigenvalue weighted by atomic mass is 10.1. The number of hydrogen-bond acceptors (Lipinski definition) is 8. The minimum atomic E-state index is -0.620. The van der Waals surface area contributed by atoms with E-state index in [-0.39, 0.29) is 17.7 Å². The van der Waals surface area contributed by atoms with Crippen molar-refractivity contribution in [3.63, 3.8) is 0 Å². The van der Waals surface area contributed by atoms with E-state index in [1.165, 1.54) is 18.6 Å². The minimum Gasteiger partial charge on any atom is -0.378 e. The molecule has 4 rings (SSSR count). The molecule has 1 fully saturated rings. The Morgan fingerprint density at radius 3 is 2.83 bits per heavy atom. The van der Waals surface area contributed by atoms with E-state index < -0.39 is 5.91 Å². The lowest BCUT2D eigenvalue weighted by Crippen LogP contribution is -2.43. The molecule has 0 aliphatic carbocycles. The first-order valence-electron chi connectivity index (χ1n) is 8.75. The fraction of sp³-hybridized carbons (Fsp3) is 0.278. The van der Waals surface area contributed by atoms with E-state index in [0.717, 1.165) is 4.47 Å². The Bertz CT molecular complexity index is 1110. The standard InChI is InChI=1S/C18H17BrN8O2/c1-29-15-8-22-7-14(15)27(18-23-4-10(3-20)5-24-18)16-12(17(21)28)6-25-26-9-11(19)2-13(16)26/h2,4-6,9,14-15,22H,7-8H2,1H3,(H2,21,28)/t14-,15+/m1/s1. The fourth-order valence-corrected chi connectivity index (χ4v) is 3.91. The van der Waals surface area contributed by atoms with Gasteiger partial charge in [-0.05, 0) is 22.0 Å². The summed E-state index contributed by atoms with van der Waals surface area (Å²) in [5, 5.41) is 16.7. The highest BCUT2D eigenvalue weighted by molar-refractivity contribution is 9.10. The van der Waals surface area contributed by atoms with Crippen LogP contribution in [0.15, 0.2) is 35.3 Å². The Kier molecular flexibility index (Phi) is 5.14. The van der Waals surface area contributed by atoms with E-state index in [4.69, 9.17) is 15.7 Å².